The standard InChI is InChI=1S/C11H13BrN4O2S/c1-6(17)19-5-7-2-9(18)16(4-7)11-10(13)14-3-8(12)15-11/h3,7H,2,4-5H2,1H3,(H2,13,14). The van der Waals surface area contributed by atoms with E-state index < -0.39 is 0 Å². The van der Waals surface area contributed by atoms with E-state index in [-0.39, 0.29) is 22.8 Å². The Morgan fingerprint density at radius 2 is 2.42 bits per heavy atom. The Morgan fingerprint density at radius 3 is 3.11 bits per heavy atom. The van der Waals surface area contributed by atoms with E-state index in [0.717, 1.165) is 0 Å². The molecule has 1 unspecified atom stereocenters. The summed E-state index contributed by atoms with van der Waals surface area (Å²) in [6, 6.07) is 0. The maximum absolute atomic E-state index is 12.0. The minimum atomic E-state index is -0.0340. The highest BCUT2D eigenvalue weighted by molar-refractivity contribution is 9.10. The smallest absolute Gasteiger partial charge is 0.228 e. The van der Waals surface area contributed by atoms with Crippen LogP contribution in [-0.2, 0) is 9.59 Å². The van der Waals surface area contributed by atoms with Crippen LogP contribution in [0.2, 0.25) is 0 Å². The average Bonchev–Trinajstić information content (AvgIpc) is 2.71. The quantitative estimate of drug-likeness (QED) is 0.892. The maximum Gasteiger partial charge on any atom is 0.228 e. The van der Waals surface area contributed by atoms with Crippen molar-refractivity contribution in [3.63, 3.8) is 0 Å². The van der Waals surface area contributed by atoms with Crippen LogP contribution in [-0.4, -0.2) is 33.3 Å². The number of aromatic nitrogens is 2. The highest BCUT2D eigenvalue weighted by atomic mass is 79.9. The molecule has 0 saturated carbocycles. The highest BCUT2D eigenvalue weighted by Gasteiger charge is 2.33. The molecule has 0 spiro atoms. The lowest BCUT2D eigenvalue weighted by atomic mass is 10.1. The number of nitrogens with two attached hydrogens (primary N) is 1. The number of halogens is 1. The molecule has 1 aromatic rings. The summed E-state index contributed by atoms with van der Waals surface area (Å²) in [4.78, 5) is 32.6. The second-order valence-corrected chi connectivity index (χ2v) is 6.29. The van der Waals surface area contributed by atoms with Gasteiger partial charge < -0.3 is 5.73 Å². The average molecular weight is 345 g/mol. The number of hydrogen-bond acceptors (Lipinski definition) is 6. The van der Waals surface area contributed by atoms with E-state index in [4.69, 9.17) is 5.73 Å². The first-order valence-corrected chi connectivity index (χ1v) is 7.47. The Morgan fingerprint density at radius 1 is 1.68 bits per heavy atom. The largest absolute Gasteiger partial charge is 0.381 e. The van der Waals surface area contributed by atoms with E-state index in [9.17, 15) is 9.59 Å². The van der Waals surface area contributed by atoms with Gasteiger partial charge in [-0.1, -0.05) is 11.8 Å². The van der Waals surface area contributed by atoms with Gasteiger partial charge >= 0.3 is 0 Å². The molecule has 1 aliphatic rings. The van der Waals surface area contributed by atoms with Crippen LogP contribution < -0.4 is 10.6 Å². The van der Waals surface area contributed by atoms with Crippen LogP contribution in [0.25, 0.3) is 0 Å². The number of amides is 1. The molecule has 1 aliphatic heterocycles. The molecule has 6 nitrogen and oxygen atoms in total. The van der Waals surface area contributed by atoms with Crippen LogP contribution in [0.1, 0.15) is 13.3 Å². The molecule has 2 N–H and O–H groups in total. The van der Waals surface area contributed by atoms with Gasteiger partial charge in [-0.3, -0.25) is 14.5 Å². The molecule has 1 fully saturated rings. The number of hydrogen-bond donors (Lipinski definition) is 1. The van der Waals surface area contributed by atoms with Crippen molar-refractivity contribution in [3.8, 4) is 0 Å². The molecule has 0 aliphatic carbocycles. The third kappa shape index (κ3) is 3.44. The molecule has 1 atom stereocenters. The molecule has 0 aromatic carbocycles. The van der Waals surface area contributed by atoms with Gasteiger partial charge in [-0.05, 0) is 21.8 Å². The molecular formula is C11H13BrN4O2S. The predicted octanol–water partition coefficient (Wildman–Crippen LogP) is 1.45. The fraction of sp³-hybridized carbons (Fsp3) is 0.455. The number of carbonyl (C=O) groups excluding carboxylic acids is 2. The fourth-order valence-corrected chi connectivity index (χ4v) is 2.86. The third-order valence-electron chi connectivity index (χ3n) is 2.74. The monoisotopic (exact) mass is 344 g/mol. The first-order chi connectivity index (χ1) is 8.97. The normalized spacial score (nSPS) is 18.9. The Labute approximate surface area is 123 Å². The summed E-state index contributed by atoms with van der Waals surface area (Å²) in [6.07, 6.45) is 1.90. The fourth-order valence-electron chi connectivity index (χ4n) is 1.90. The minimum absolute atomic E-state index is 0.0340. The van der Waals surface area contributed by atoms with Gasteiger partial charge in [-0.2, -0.15) is 0 Å². The van der Waals surface area contributed by atoms with Gasteiger partial charge in [0.15, 0.2) is 16.8 Å². The summed E-state index contributed by atoms with van der Waals surface area (Å²) in [7, 11) is 0. The Kier molecular flexibility index (Phi) is 4.41. The van der Waals surface area contributed by atoms with Crippen molar-refractivity contribution in [3.05, 3.63) is 10.8 Å². The summed E-state index contributed by atoms with van der Waals surface area (Å²) < 4.78 is 0.533. The topological polar surface area (TPSA) is 89.2 Å². The lowest BCUT2D eigenvalue weighted by molar-refractivity contribution is -0.117. The molecule has 8 heteroatoms. The van der Waals surface area contributed by atoms with Gasteiger partial charge in [-0.15, -0.1) is 0 Å². The summed E-state index contributed by atoms with van der Waals surface area (Å²) in [5.41, 5.74) is 5.75. The zero-order chi connectivity index (χ0) is 14.0. The maximum atomic E-state index is 12.0. The number of rotatable bonds is 3. The molecule has 0 bridgehead atoms. The summed E-state index contributed by atoms with van der Waals surface area (Å²) in [5, 5.41) is 0.0626. The lowest BCUT2D eigenvalue weighted by Gasteiger charge is -2.16. The van der Waals surface area contributed by atoms with Gasteiger partial charge in [0.2, 0.25) is 5.91 Å². The molecule has 1 amide bonds. The predicted molar refractivity (Wildman–Crippen MR) is 77.7 cm³/mol. The molecule has 2 rings (SSSR count). The SMILES string of the molecule is CC(=O)SCC1CC(=O)N(c2nc(Br)cnc2N)C1. The number of carbonyl (C=O) groups is 2. The number of anilines is 2. The van der Waals surface area contributed by atoms with Gasteiger partial charge in [0.05, 0.1) is 6.20 Å². The second kappa shape index (κ2) is 5.87. The molecular weight excluding hydrogens is 332 g/mol. The Balaban J connectivity index is 2.11. The van der Waals surface area contributed by atoms with Crippen LogP contribution in [0.15, 0.2) is 10.8 Å². The molecule has 2 heterocycles. The van der Waals surface area contributed by atoms with E-state index >= 15 is 0 Å². The van der Waals surface area contributed by atoms with E-state index in [1.807, 2.05) is 0 Å². The molecule has 1 aromatic heterocycles. The van der Waals surface area contributed by atoms with Crippen molar-refractivity contribution in [1.82, 2.24) is 9.97 Å². The van der Waals surface area contributed by atoms with Crippen LogP contribution in [0.4, 0.5) is 11.6 Å². The first kappa shape index (κ1) is 14.3. The molecule has 19 heavy (non-hydrogen) atoms. The van der Waals surface area contributed by atoms with Crippen LogP contribution in [0.3, 0.4) is 0 Å². The summed E-state index contributed by atoms with van der Waals surface area (Å²) in [6.45, 7) is 2.05. The van der Waals surface area contributed by atoms with Crippen molar-refractivity contribution >= 4 is 50.4 Å². The Hall–Kier alpha value is -1.15. The van der Waals surface area contributed by atoms with Crippen molar-refractivity contribution in [2.45, 2.75) is 13.3 Å². The molecule has 102 valence electrons. The van der Waals surface area contributed by atoms with Gasteiger partial charge in [0, 0.05) is 25.6 Å². The van der Waals surface area contributed by atoms with Gasteiger partial charge in [0.25, 0.3) is 0 Å². The summed E-state index contributed by atoms with van der Waals surface area (Å²) in [5.74, 6) is 1.36. The minimum Gasteiger partial charge on any atom is -0.381 e. The lowest BCUT2D eigenvalue weighted by Crippen LogP contribution is -2.27. The van der Waals surface area contributed by atoms with Crippen molar-refractivity contribution < 1.29 is 9.59 Å². The first-order valence-electron chi connectivity index (χ1n) is 5.69. The zero-order valence-corrected chi connectivity index (χ0v) is 12.7. The van der Waals surface area contributed by atoms with Gasteiger partial charge in [-0.25, -0.2) is 9.97 Å². The van der Waals surface area contributed by atoms with E-state index in [0.29, 0.717) is 29.1 Å². The van der Waals surface area contributed by atoms with Crippen LogP contribution >= 0.6 is 27.7 Å². The number of nitrogens with zero attached hydrogens (tertiary/aromatic N) is 3. The van der Waals surface area contributed by atoms with E-state index in [1.165, 1.54) is 24.9 Å². The zero-order valence-electron chi connectivity index (χ0n) is 10.3. The van der Waals surface area contributed by atoms with Crippen molar-refractivity contribution in [2.24, 2.45) is 5.92 Å². The van der Waals surface area contributed by atoms with Crippen LogP contribution in [0.5, 0.6) is 0 Å². The third-order valence-corrected chi connectivity index (χ3v) is 4.16. The van der Waals surface area contributed by atoms with Crippen molar-refractivity contribution in [2.75, 3.05) is 22.9 Å². The van der Waals surface area contributed by atoms with E-state index in [2.05, 4.69) is 25.9 Å². The van der Waals surface area contributed by atoms with Crippen LogP contribution in [0, 0.1) is 5.92 Å². The Bertz CT molecular complexity index is 525. The number of nitrogen functional groups attached to an aromatic ring is 1. The second-order valence-electron chi connectivity index (χ2n) is 4.28. The molecule has 1 saturated heterocycles. The van der Waals surface area contributed by atoms with Gasteiger partial charge in [0.1, 0.15) is 4.60 Å². The highest BCUT2D eigenvalue weighted by Crippen LogP contribution is 2.29. The van der Waals surface area contributed by atoms with Crippen molar-refractivity contribution in [1.29, 1.82) is 0 Å². The summed E-state index contributed by atoms with van der Waals surface area (Å²) >= 11 is 4.45. The van der Waals surface area contributed by atoms with E-state index in [1.54, 1.807) is 4.90 Å². The number of thioether (sulfide) groups is 1. The molecule has 0 radical (unpaired) electrons.